The summed E-state index contributed by atoms with van der Waals surface area (Å²) in [5.41, 5.74) is 0.270. The Balaban J connectivity index is 1.58. The fourth-order valence-electron chi connectivity index (χ4n) is 4.31. The van der Waals surface area contributed by atoms with Gasteiger partial charge < -0.3 is 5.32 Å². The van der Waals surface area contributed by atoms with Crippen LogP contribution in [0.2, 0.25) is 0 Å². The van der Waals surface area contributed by atoms with Gasteiger partial charge in [0.05, 0.1) is 17.5 Å². The number of nitrogens with one attached hydrogen (secondary N) is 1. The summed E-state index contributed by atoms with van der Waals surface area (Å²) >= 11 is 0. The minimum absolute atomic E-state index is 0.145. The minimum Gasteiger partial charge on any atom is -0.337 e. The first-order valence-corrected chi connectivity index (χ1v) is 12.3. The molecule has 0 unspecified atom stereocenters. The normalized spacial score (nSPS) is 21.2. The highest BCUT2D eigenvalue weighted by atomic mass is 32.2. The molecule has 1 N–H and O–H groups in total. The van der Waals surface area contributed by atoms with E-state index in [4.69, 9.17) is 0 Å². The van der Waals surface area contributed by atoms with Crippen molar-refractivity contribution in [1.82, 2.24) is 14.5 Å². The van der Waals surface area contributed by atoms with Gasteiger partial charge in [0.2, 0.25) is 15.9 Å². The van der Waals surface area contributed by atoms with Crippen LogP contribution in [0.25, 0.3) is 0 Å². The monoisotopic (exact) mass is 432 g/mol. The standard InChI is InChI=1S/C22H32N4O3S/c1-19-7-9-20(10-8-19)30(28,29)26-14-6-13-25(15-16-26)17-21(27)24-22(18-23)11-4-2-3-5-12-22/h7-10H,2-6,11-17H2,1H3,(H,24,27). The fourth-order valence-corrected chi connectivity index (χ4v) is 5.78. The highest BCUT2D eigenvalue weighted by molar-refractivity contribution is 7.89. The van der Waals surface area contributed by atoms with E-state index in [-0.39, 0.29) is 12.5 Å². The smallest absolute Gasteiger partial charge is 0.243 e. The average molecular weight is 433 g/mol. The van der Waals surface area contributed by atoms with Crippen molar-refractivity contribution >= 4 is 15.9 Å². The average Bonchev–Trinajstić information content (AvgIpc) is 3.10. The molecule has 1 heterocycles. The number of rotatable bonds is 5. The second-order valence-corrected chi connectivity index (χ2v) is 10.4. The van der Waals surface area contributed by atoms with E-state index in [0.717, 1.165) is 31.2 Å². The van der Waals surface area contributed by atoms with Crippen LogP contribution in [0.5, 0.6) is 0 Å². The summed E-state index contributed by atoms with van der Waals surface area (Å²) < 4.78 is 27.4. The zero-order valence-corrected chi connectivity index (χ0v) is 18.6. The third-order valence-electron chi connectivity index (χ3n) is 6.12. The first-order valence-electron chi connectivity index (χ1n) is 10.9. The van der Waals surface area contributed by atoms with Crippen molar-refractivity contribution in [2.75, 3.05) is 32.7 Å². The Morgan fingerprint density at radius 1 is 1.03 bits per heavy atom. The molecular formula is C22H32N4O3S. The molecule has 1 saturated carbocycles. The Hall–Kier alpha value is -1.95. The molecule has 2 fully saturated rings. The maximum atomic E-state index is 12.9. The molecule has 2 aliphatic rings. The van der Waals surface area contributed by atoms with Gasteiger partial charge in [0.1, 0.15) is 5.54 Å². The number of nitrogens with zero attached hydrogens (tertiary/aromatic N) is 3. The van der Waals surface area contributed by atoms with Gasteiger partial charge in [-0.2, -0.15) is 9.57 Å². The number of carbonyl (C=O) groups excluding carboxylic acids is 1. The molecule has 1 amide bonds. The van der Waals surface area contributed by atoms with Crippen LogP contribution in [0.3, 0.4) is 0 Å². The Morgan fingerprint density at radius 3 is 2.33 bits per heavy atom. The van der Waals surface area contributed by atoms with E-state index in [2.05, 4.69) is 11.4 Å². The number of sulfonamides is 1. The first kappa shape index (κ1) is 22.7. The molecule has 1 aliphatic heterocycles. The van der Waals surface area contributed by atoms with E-state index in [0.29, 0.717) is 50.3 Å². The summed E-state index contributed by atoms with van der Waals surface area (Å²) in [6.45, 7) is 4.08. The van der Waals surface area contributed by atoms with Crippen molar-refractivity contribution in [2.24, 2.45) is 0 Å². The molecule has 0 spiro atoms. The topological polar surface area (TPSA) is 93.5 Å². The molecule has 0 bridgehead atoms. The van der Waals surface area contributed by atoms with Crippen molar-refractivity contribution in [3.05, 3.63) is 29.8 Å². The lowest BCUT2D eigenvalue weighted by molar-refractivity contribution is -0.123. The first-order chi connectivity index (χ1) is 14.3. The number of nitriles is 1. The Morgan fingerprint density at radius 2 is 1.70 bits per heavy atom. The van der Waals surface area contributed by atoms with E-state index in [1.165, 1.54) is 4.31 Å². The van der Waals surface area contributed by atoms with E-state index < -0.39 is 15.6 Å². The van der Waals surface area contributed by atoms with Gasteiger partial charge in [0, 0.05) is 19.6 Å². The predicted octanol–water partition coefficient (Wildman–Crippen LogP) is 2.42. The molecule has 8 heteroatoms. The molecule has 1 aromatic rings. The molecule has 7 nitrogen and oxygen atoms in total. The zero-order valence-electron chi connectivity index (χ0n) is 17.8. The van der Waals surface area contributed by atoms with Gasteiger partial charge in [0.15, 0.2) is 0 Å². The van der Waals surface area contributed by atoms with Gasteiger partial charge in [-0.15, -0.1) is 0 Å². The molecule has 1 saturated heterocycles. The van der Waals surface area contributed by atoms with Gasteiger partial charge in [-0.3, -0.25) is 9.69 Å². The number of benzene rings is 1. The molecule has 0 aromatic heterocycles. The quantitative estimate of drug-likeness (QED) is 0.721. The van der Waals surface area contributed by atoms with Crippen molar-refractivity contribution in [2.45, 2.75) is 62.3 Å². The molecule has 1 aromatic carbocycles. The Labute approximate surface area is 180 Å². The molecule has 30 heavy (non-hydrogen) atoms. The second kappa shape index (κ2) is 9.90. The van der Waals surface area contributed by atoms with Crippen LogP contribution in [-0.2, 0) is 14.8 Å². The Kier molecular flexibility index (Phi) is 7.50. The van der Waals surface area contributed by atoms with Crippen LogP contribution < -0.4 is 5.32 Å². The summed E-state index contributed by atoms with van der Waals surface area (Å²) in [5, 5.41) is 12.7. The zero-order chi connectivity index (χ0) is 21.6. The maximum absolute atomic E-state index is 12.9. The van der Waals surface area contributed by atoms with Crippen LogP contribution in [0.4, 0.5) is 0 Å². The van der Waals surface area contributed by atoms with Crippen LogP contribution in [0.1, 0.15) is 50.5 Å². The van der Waals surface area contributed by atoms with Crippen molar-refractivity contribution in [1.29, 1.82) is 5.26 Å². The summed E-state index contributed by atoms with van der Waals surface area (Å²) in [6, 6.07) is 9.26. The van der Waals surface area contributed by atoms with Crippen molar-refractivity contribution < 1.29 is 13.2 Å². The summed E-state index contributed by atoms with van der Waals surface area (Å²) in [5.74, 6) is -0.145. The van der Waals surface area contributed by atoms with E-state index in [9.17, 15) is 18.5 Å². The van der Waals surface area contributed by atoms with Gasteiger partial charge in [0.25, 0.3) is 0 Å². The summed E-state index contributed by atoms with van der Waals surface area (Å²) in [6.07, 6.45) is 6.22. The van der Waals surface area contributed by atoms with Crippen LogP contribution in [-0.4, -0.2) is 61.8 Å². The summed E-state index contributed by atoms with van der Waals surface area (Å²) in [4.78, 5) is 15.0. The number of aryl methyl sites for hydroxylation is 1. The van der Waals surface area contributed by atoms with Gasteiger partial charge >= 0.3 is 0 Å². The Bertz CT molecular complexity index is 869. The van der Waals surface area contributed by atoms with Gasteiger partial charge in [-0.1, -0.05) is 43.4 Å². The van der Waals surface area contributed by atoms with Crippen molar-refractivity contribution in [3.63, 3.8) is 0 Å². The van der Waals surface area contributed by atoms with Gasteiger partial charge in [-0.25, -0.2) is 8.42 Å². The number of hydrogen-bond donors (Lipinski definition) is 1. The fraction of sp³-hybridized carbons (Fsp3) is 0.636. The largest absolute Gasteiger partial charge is 0.337 e. The molecule has 0 radical (unpaired) electrons. The SMILES string of the molecule is Cc1ccc(S(=O)(=O)N2CCCN(CC(=O)NC3(C#N)CCCCCC3)CC2)cc1. The van der Waals surface area contributed by atoms with Crippen LogP contribution in [0.15, 0.2) is 29.2 Å². The molecule has 3 rings (SSSR count). The maximum Gasteiger partial charge on any atom is 0.243 e. The predicted molar refractivity (Wildman–Crippen MR) is 115 cm³/mol. The lowest BCUT2D eigenvalue weighted by Crippen LogP contribution is -2.50. The number of amides is 1. The number of carbonyl (C=O) groups is 1. The van der Waals surface area contributed by atoms with Crippen molar-refractivity contribution in [3.8, 4) is 6.07 Å². The van der Waals surface area contributed by atoms with Crippen LogP contribution >= 0.6 is 0 Å². The second-order valence-electron chi connectivity index (χ2n) is 8.50. The molecule has 1 aliphatic carbocycles. The van der Waals surface area contributed by atoms with E-state index >= 15 is 0 Å². The van der Waals surface area contributed by atoms with Crippen LogP contribution in [0, 0.1) is 18.3 Å². The highest BCUT2D eigenvalue weighted by Crippen LogP contribution is 2.26. The van der Waals surface area contributed by atoms with E-state index in [1.807, 2.05) is 11.8 Å². The van der Waals surface area contributed by atoms with E-state index in [1.54, 1.807) is 24.3 Å². The highest BCUT2D eigenvalue weighted by Gasteiger charge is 2.33. The minimum atomic E-state index is -3.53. The lowest BCUT2D eigenvalue weighted by atomic mass is 9.92. The summed E-state index contributed by atoms with van der Waals surface area (Å²) in [7, 11) is -3.53. The molecule has 164 valence electrons. The number of hydrogen-bond acceptors (Lipinski definition) is 5. The third-order valence-corrected chi connectivity index (χ3v) is 8.04. The molecular weight excluding hydrogens is 400 g/mol. The third kappa shape index (κ3) is 5.60. The lowest BCUT2D eigenvalue weighted by Gasteiger charge is -2.28. The molecule has 0 atom stereocenters. The van der Waals surface area contributed by atoms with Gasteiger partial charge in [-0.05, 0) is 44.9 Å².